The van der Waals surface area contributed by atoms with Crippen LogP contribution in [-0.2, 0) is 0 Å². The van der Waals surface area contributed by atoms with E-state index in [0.29, 0.717) is 29.2 Å². The summed E-state index contributed by atoms with van der Waals surface area (Å²) in [4.78, 5) is 29.0. The topological polar surface area (TPSA) is 83.2 Å². The van der Waals surface area contributed by atoms with E-state index in [2.05, 4.69) is 21.7 Å². The summed E-state index contributed by atoms with van der Waals surface area (Å²) in [7, 11) is 1.59. The zero-order valence-electron chi connectivity index (χ0n) is 17.7. The fourth-order valence-electron chi connectivity index (χ4n) is 3.93. The number of methoxy groups -OCH3 is 1. The lowest BCUT2D eigenvalue weighted by molar-refractivity contribution is 0.0951. The van der Waals surface area contributed by atoms with Crippen LogP contribution in [0.1, 0.15) is 53.0 Å². The first-order valence-electron chi connectivity index (χ1n) is 10.7. The minimum atomic E-state index is -0.272. The molecule has 0 saturated carbocycles. The van der Waals surface area contributed by atoms with Crippen molar-refractivity contribution in [3.8, 4) is 5.75 Å². The van der Waals surface area contributed by atoms with Gasteiger partial charge >= 0.3 is 0 Å². The van der Waals surface area contributed by atoms with Gasteiger partial charge in [-0.05, 0) is 62.4 Å². The number of hydrogen-bond donors (Lipinski definition) is 3. The van der Waals surface area contributed by atoms with Gasteiger partial charge in [0.2, 0.25) is 0 Å². The normalized spacial score (nSPS) is 13.5. The number of rotatable bonds is 7. The van der Waals surface area contributed by atoms with Gasteiger partial charge in [0.05, 0.1) is 12.8 Å². The van der Waals surface area contributed by atoms with Gasteiger partial charge < -0.3 is 20.4 Å². The summed E-state index contributed by atoms with van der Waals surface area (Å²) in [5.74, 6) is 0.138. The van der Waals surface area contributed by atoms with Crippen molar-refractivity contribution in [3.63, 3.8) is 0 Å². The van der Waals surface area contributed by atoms with Crippen LogP contribution in [-0.4, -0.2) is 30.5 Å². The van der Waals surface area contributed by atoms with Gasteiger partial charge in [0.1, 0.15) is 11.4 Å². The maximum atomic E-state index is 13.0. The molecular formula is C25H27N3O3. The molecule has 0 spiro atoms. The average molecular weight is 418 g/mol. The van der Waals surface area contributed by atoms with E-state index < -0.39 is 0 Å². The van der Waals surface area contributed by atoms with Gasteiger partial charge in [-0.2, -0.15) is 0 Å². The third-order valence-electron chi connectivity index (χ3n) is 5.62. The van der Waals surface area contributed by atoms with Crippen molar-refractivity contribution in [2.24, 2.45) is 0 Å². The number of ether oxygens (including phenoxy) is 1. The summed E-state index contributed by atoms with van der Waals surface area (Å²) in [5.41, 5.74) is 3.48. The molecule has 0 atom stereocenters. The largest absolute Gasteiger partial charge is 0.497 e. The first-order valence-corrected chi connectivity index (χ1v) is 10.7. The number of hydrogen-bond acceptors (Lipinski definition) is 3. The van der Waals surface area contributed by atoms with E-state index in [-0.39, 0.29) is 11.8 Å². The van der Waals surface area contributed by atoms with Crippen LogP contribution in [0.5, 0.6) is 5.75 Å². The molecule has 0 aliphatic heterocycles. The Balaban J connectivity index is 1.58. The molecule has 0 fully saturated rings. The Hall–Kier alpha value is -3.54. The van der Waals surface area contributed by atoms with Crippen LogP contribution in [0.25, 0.3) is 10.9 Å². The lowest BCUT2D eigenvalue weighted by atomic mass is 9.97. The molecule has 0 unspecified atom stereocenters. The zero-order chi connectivity index (χ0) is 21.6. The fraction of sp³-hybridized carbons (Fsp3) is 0.280. The molecule has 3 aromatic rings. The molecule has 4 rings (SSSR count). The highest BCUT2D eigenvalue weighted by molar-refractivity contribution is 6.15. The van der Waals surface area contributed by atoms with Crippen LogP contribution in [0.15, 0.2) is 60.2 Å². The number of H-pyrrole nitrogens is 1. The van der Waals surface area contributed by atoms with E-state index in [1.54, 1.807) is 31.4 Å². The van der Waals surface area contributed by atoms with E-state index >= 15 is 0 Å². The predicted molar refractivity (Wildman–Crippen MR) is 123 cm³/mol. The minimum Gasteiger partial charge on any atom is -0.497 e. The van der Waals surface area contributed by atoms with Gasteiger partial charge in [-0.15, -0.1) is 0 Å². The number of allylic oxidation sites excluding steroid dienone is 1. The maximum absolute atomic E-state index is 13.0. The molecule has 2 aromatic carbocycles. The van der Waals surface area contributed by atoms with E-state index in [0.717, 1.165) is 30.2 Å². The van der Waals surface area contributed by atoms with Crippen LogP contribution in [0, 0.1) is 0 Å². The fourth-order valence-corrected chi connectivity index (χ4v) is 3.93. The summed E-state index contributed by atoms with van der Waals surface area (Å²) < 4.78 is 5.34. The number of carbonyl (C=O) groups is 2. The number of benzene rings is 2. The van der Waals surface area contributed by atoms with Crippen LogP contribution in [0.3, 0.4) is 0 Å². The summed E-state index contributed by atoms with van der Waals surface area (Å²) in [6.45, 7) is 0.565. The molecule has 6 heteroatoms. The SMILES string of the molecule is COc1ccc2[nH]c(C(=O)NCCC3=CCCCC3)c(NC(=O)c3ccccc3)c2c1. The van der Waals surface area contributed by atoms with Gasteiger partial charge in [-0.1, -0.05) is 29.8 Å². The Kier molecular flexibility index (Phi) is 6.36. The van der Waals surface area contributed by atoms with Crippen molar-refractivity contribution in [3.05, 3.63) is 71.4 Å². The van der Waals surface area contributed by atoms with Gasteiger partial charge in [0, 0.05) is 23.0 Å². The Morgan fingerprint density at radius 3 is 2.65 bits per heavy atom. The van der Waals surface area contributed by atoms with E-state index in [1.807, 2.05) is 24.3 Å². The highest BCUT2D eigenvalue weighted by Crippen LogP contribution is 2.31. The quantitative estimate of drug-likeness (QED) is 0.471. The van der Waals surface area contributed by atoms with Gasteiger partial charge in [-0.25, -0.2) is 0 Å². The van der Waals surface area contributed by atoms with Crippen molar-refractivity contribution >= 4 is 28.4 Å². The molecule has 2 amide bonds. The second-order valence-electron chi connectivity index (χ2n) is 7.72. The first kappa shape index (κ1) is 20.7. The molecule has 3 N–H and O–H groups in total. The number of amides is 2. The Labute approximate surface area is 181 Å². The average Bonchev–Trinajstić information content (AvgIpc) is 3.17. The van der Waals surface area contributed by atoms with Gasteiger partial charge in [0.15, 0.2) is 0 Å². The maximum Gasteiger partial charge on any atom is 0.269 e. The zero-order valence-corrected chi connectivity index (χ0v) is 17.7. The second-order valence-corrected chi connectivity index (χ2v) is 7.72. The molecule has 0 saturated heterocycles. The van der Waals surface area contributed by atoms with Crippen LogP contribution < -0.4 is 15.4 Å². The lowest BCUT2D eigenvalue weighted by Gasteiger charge is -2.13. The molecule has 6 nitrogen and oxygen atoms in total. The standard InChI is InChI=1S/C25H27N3O3/c1-31-19-12-13-21-20(16-19)22(28-24(29)18-10-6-3-7-11-18)23(27-21)25(30)26-15-14-17-8-4-2-5-9-17/h3,6-8,10-13,16,27H,2,4-5,9,14-15H2,1H3,(H,26,30)(H,28,29). The highest BCUT2D eigenvalue weighted by atomic mass is 16.5. The van der Waals surface area contributed by atoms with Crippen molar-refractivity contribution in [2.45, 2.75) is 32.1 Å². The van der Waals surface area contributed by atoms with Gasteiger partial charge in [-0.3, -0.25) is 9.59 Å². The number of nitrogens with one attached hydrogen (secondary N) is 3. The Morgan fingerprint density at radius 1 is 1.06 bits per heavy atom. The molecule has 1 aromatic heterocycles. The minimum absolute atomic E-state index is 0.241. The summed E-state index contributed by atoms with van der Waals surface area (Å²) in [6, 6.07) is 14.4. The second kappa shape index (κ2) is 9.51. The molecule has 160 valence electrons. The van der Waals surface area contributed by atoms with Crippen LogP contribution in [0.4, 0.5) is 5.69 Å². The molecule has 1 heterocycles. The summed E-state index contributed by atoms with van der Waals surface area (Å²) in [5, 5.41) is 6.65. The molecule has 31 heavy (non-hydrogen) atoms. The van der Waals surface area contributed by atoms with Crippen LogP contribution in [0.2, 0.25) is 0 Å². The third kappa shape index (κ3) is 4.79. The number of aromatic nitrogens is 1. The van der Waals surface area contributed by atoms with Gasteiger partial charge in [0.25, 0.3) is 11.8 Å². The third-order valence-corrected chi connectivity index (χ3v) is 5.62. The monoisotopic (exact) mass is 417 g/mol. The number of fused-ring (bicyclic) bond motifs is 1. The first-order chi connectivity index (χ1) is 15.2. The number of aromatic amines is 1. The molecule has 1 aliphatic rings. The van der Waals surface area contributed by atoms with E-state index in [9.17, 15) is 9.59 Å². The molecule has 1 aliphatic carbocycles. The molecular weight excluding hydrogens is 390 g/mol. The Morgan fingerprint density at radius 2 is 1.90 bits per heavy atom. The number of anilines is 1. The van der Waals surface area contributed by atoms with Crippen molar-refractivity contribution in [2.75, 3.05) is 19.0 Å². The van der Waals surface area contributed by atoms with Crippen molar-refractivity contribution in [1.29, 1.82) is 0 Å². The molecule has 0 radical (unpaired) electrons. The summed E-state index contributed by atoms with van der Waals surface area (Å²) >= 11 is 0. The Bertz CT molecular complexity index is 1120. The molecule has 0 bridgehead atoms. The number of carbonyl (C=O) groups excluding carboxylic acids is 2. The lowest BCUT2D eigenvalue weighted by Crippen LogP contribution is -2.26. The van der Waals surface area contributed by atoms with Crippen molar-refractivity contribution < 1.29 is 14.3 Å². The summed E-state index contributed by atoms with van der Waals surface area (Å²) in [6.07, 6.45) is 7.85. The smallest absolute Gasteiger partial charge is 0.269 e. The van der Waals surface area contributed by atoms with Crippen LogP contribution >= 0.6 is 0 Å². The van der Waals surface area contributed by atoms with Crippen molar-refractivity contribution in [1.82, 2.24) is 10.3 Å². The highest BCUT2D eigenvalue weighted by Gasteiger charge is 2.21. The van der Waals surface area contributed by atoms with E-state index in [1.165, 1.54) is 18.4 Å². The predicted octanol–water partition coefficient (Wildman–Crippen LogP) is 5.05. The van der Waals surface area contributed by atoms with E-state index in [4.69, 9.17) is 4.74 Å².